The number of amides is 1. The fourth-order valence-corrected chi connectivity index (χ4v) is 4.65. The lowest BCUT2D eigenvalue weighted by atomic mass is 9.98. The maximum Gasteiger partial charge on any atom is 0.262 e. The summed E-state index contributed by atoms with van der Waals surface area (Å²) in [7, 11) is 0. The van der Waals surface area contributed by atoms with E-state index >= 15 is 0 Å². The Hall–Kier alpha value is -2.98. The van der Waals surface area contributed by atoms with E-state index in [1.807, 2.05) is 37.3 Å². The number of hydrogen-bond donors (Lipinski definition) is 1. The zero-order valence-corrected chi connectivity index (χ0v) is 16.5. The van der Waals surface area contributed by atoms with Gasteiger partial charge in [0.25, 0.3) is 5.56 Å². The van der Waals surface area contributed by atoms with E-state index in [-0.39, 0.29) is 23.9 Å². The molecule has 1 unspecified atom stereocenters. The number of aryl methyl sites for hydroxylation is 1. The first kappa shape index (κ1) is 18.4. The second-order valence-electron chi connectivity index (χ2n) is 7.42. The van der Waals surface area contributed by atoms with E-state index in [1.54, 1.807) is 6.92 Å². The normalized spacial score (nSPS) is 15.8. The van der Waals surface area contributed by atoms with Crippen LogP contribution in [0.1, 0.15) is 25.3 Å². The van der Waals surface area contributed by atoms with Crippen molar-refractivity contribution in [2.45, 2.75) is 38.8 Å². The minimum absolute atomic E-state index is 0.151. The van der Waals surface area contributed by atoms with E-state index in [0.717, 1.165) is 28.8 Å². The van der Waals surface area contributed by atoms with Crippen molar-refractivity contribution in [2.75, 3.05) is 0 Å². The summed E-state index contributed by atoms with van der Waals surface area (Å²) < 4.78 is 1.32. The summed E-state index contributed by atoms with van der Waals surface area (Å²) in [4.78, 5) is 31.5. The second kappa shape index (κ2) is 6.88. The fraction of sp³-hybridized carbons (Fsp3) is 0.333. The summed E-state index contributed by atoms with van der Waals surface area (Å²) in [5.74, 6) is -0.165. The van der Waals surface area contributed by atoms with Crippen molar-refractivity contribution in [3.8, 4) is 16.5 Å². The highest BCUT2D eigenvalue weighted by Gasteiger charge is 2.43. The molecule has 2 heterocycles. The SMILES string of the molecule is Cc1c(-c2ccccc2)sc2ncn(CC(=O)NC(C)(C#N)C3CC3)c(=O)c12. The topological polar surface area (TPSA) is 87.8 Å². The third kappa shape index (κ3) is 3.20. The lowest BCUT2D eigenvalue weighted by molar-refractivity contribution is -0.123. The minimum Gasteiger partial charge on any atom is -0.336 e. The van der Waals surface area contributed by atoms with E-state index in [4.69, 9.17) is 0 Å². The van der Waals surface area contributed by atoms with Gasteiger partial charge in [-0.25, -0.2) is 4.98 Å². The largest absolute Gasteiger partial charge is 0.336 e. The van der Waals surface area contributed by atoms with Gasteiger partial charge in [-0.1, -0.05) is 30.3 Å². The predicted molar refractivity (Wildman–Crippen MR) is 109 cm³/mol. The molecule has 1 amide bonds. The van der Waals surface area contributed by atoms with Crippen LogP contribution in [0.3, 0.4) is 0 Å². The number of rotatable bonds is 5. The van der Waals surface area contributed by atoms with E-state index in [2.05, 4.69) is 16.4 Å². The second-order valence-corrected chi connectivity index (χ2v) is 8.42. The van der Waals surface area contributed by atoms with Crippen molar-refractivity contribution in [3.63, 3.8) is 0 Å². The maximum absolute atomic E-state index is 13.0. The van der Waals surface area contributed by atoms with Crippen LogP contribution in [0.5, 0.6) is 0 Å². The highest BCUT2D eigenvalue weighted by atomic mass is 32.1. The molecule has 1 aromatic carbocycles. The van der Waals surface area contributed by atoms with Crippen LogP contribution in [-0.4, -0.2) is 21.0 Å². The molecule has 1 aliphatic carbocycles. The van der Waals surface area contributed by atoms with Crippen LogP contribution in [0.25, 0.3) is 20.7 Å². The van der Waals surface area contributed by atoms with Crippen molar-refractivity contribution in [2.24, 2.45) is 5.92 Å². The van der Waals surface area contributed by atoms with E-state index in [0.29, 0.717) is 10.2 Å². The number of nitriles is 1. The number of thiophene rings is 1. The number of benzene rings is 1. The van der Waals surface area contributed by atoms with Crippen molar-refractivity contribution in [1.82, 2.24) is 14.9 Å². The molecule has 1 fully saturated rings. The summed E-state index contributed by atoms with van der Waals surface area (Å²) in [6.07, 6.45) is 3.29. The van der Waals surface area contributed by atoms with Gasteiger partial charge in [0.1, 0.15) is 16.9 Å². The molecule has 1 atom stereocenters. The monoisotopic (exact) mass is 392 g/mol. The molecule has 6 nitrogen and oxygen atoms in total. The van der Waals surface area contributed by atoms with Crippen LogP contribution in [0.4, 0.5) is 0 Å². The van der Waals surface area contributed by atoms with E-state index in [1.165, 1.54) is 22.2 Å². The molecule has 4 rings (SSSR count). The lowest BCUT2D eigenvalue weighted by Gasteiger charge is -2.23. The summed E-state index contributed by atoms with van der Waals surface area (Å²) in [6, 6.07) is 12.1. The lowest BCUT2D eigenvalue weighted by Crippen LogP contribution is -2.48. The molecular formula is C21H20N4O2S. The molecule has 0 aliphatic heterocycles. The number of fused-ring (bicyclic) bond motifs is 1. The van der Waals surface area contributed by atoms with Crippen molar-refractivity contribution in [3.05, 3.63) is 52.6 Å². The Labute approximate surface area is 166 Å². The maximum atomic E-state index is 13.0. The van der Waals surface area contributed by atoms with Gasteiger partial charge in [-0.15, -0.1) is 11.3 Å². The molecule has 0 radical (unpaired) electrons. The molecule has 2 aromatic heterocycles. The number of aromatic nitrogens is 2. The smallest absolute Gasteiger partial charge is 0.262 e. The van der Waals surface area contributed by atoms with Gasteiger partial charge in [-0.3, -0.25) is 14.2 Å². The van der Waals surface area contributed by atoms with Crippen LogP contribution in [0.15, 0.2) is 41.5 Å². The molecule has 1 N–H and O–H groups in total. The predicted octanol–water partition coefficient (Wildman–Crippen LogP) is 3.24. The molecule has 0 spiro atoms. The number of carbonyl (C=O) groups excluding carboxylic acids is 1. The van der Waals surface area contributed by atoms with Gasteiger partial charge >= 0.3 is 0 Å². The first-order valence-electron chi connectivity index (χ1n) is 9.19. The number of nitrogens with zero attached hydrogens (tertiary/aromatic N) is 3. The van der Waals surface area contributed by atoms with Crippen molar-refractivity contribution < 1.29 is 4.79 Å². The highest BCUT2D eigenvalue weighted by Crippen LogP contribution is 2.39. The number of hydrogen-bond acceptors (Lipinski definition) is 5. The summed E-state index contributed by atoms with van der Waals surface area (Å²) in [6.45, 7) is 3.50. The average Bonchev–Trinajstić information content (AvgIpc) is 3.49. The Morgan fingerprint density at radius 1 is 1.39 bits per heavy atom. The Morgan fingerprint density at radius 3 is 2.75 bits per heavy atom. The number of nitrogens with one attached hydrogen (secondary N) is 1. The Balaban J connectivity index is 1.65. The van der Waals surface area contributed by atoms with Gasteiger partial charge in [0.15, 0.2) is 0 Å². The van der Waals surface area contributed by atoms with Crippen LogP contribution in [0.2, 0.25) is 0 Å². The first-order valence-corrected chi connectivity index (χ1v) is 10.0. The summed E-state index contributed by atoms with van der Waals surface area (Å²) >= 11 is 1.48. The summed E-state index contributed by atoms with van der Waals surface area (Å²) in [5, 5.41) is 12.7. The van der Waals surface area contributed by atoms with Crippen molar-refractivity contribution in [1.29, 1.82) is 5.26 Å². The molecule has 3 aromatic rings. The van der Waals surface area contributed by atoms with Gasteiger partial charge in [-0.2, -0.15) is 5.26 Å². The standard InChI is InChI=1S/C21H20N4O2S/c1-13-17-19(28-18(13)14-6-4-3-5-7-14)23-12-25(20(17)27)10-16(26)24-21(2,11-22)15-8-9-15/h3-7,12,15H,8-10H2,1-2H3,(H,24,26). The molecule has 1 saturated carbocycles. The zero-order valence-electron chi connectivity index (χ0n) is 15.7. The van der Waals surface area contributed by atoms with Gasteiger partial charge in [0.2, 0.25) is 5.91 Å². The average molecular weight is 392 g/mol. The molecule has 142 valence electrons. The summed E-state index contributed by atoms with van der Waals surface area (Å²) in [5.41, 5.74) is 0.803. The molecule has 7 heteroatoms. The van der Waals surface area contributed by atoms with E-state index in [9.17, 15) is 14.9 Å². The minimum atomic E-state index is -0.878. The van der Waals surface area contributed by atoms with Gasteiger partial charge in [-0.05, 0) is 43.7 Å². The molecule has 28 heavy (non-hydrogen) atoms. The zero-order chi connectivity index (χ0) is 19.9. The van der Waals surface area contributed by atoms with Crippen molar-refractivity contribution >= 4 is 27.5 Å². The van der Waals surface area contributed by atoms with Gasteiger partial charge < -0.3 is 5.32 Å². The van der Waals surface area contributed by atoms with Gasteiger partial charge in [0, 0.05) is 4.88 Å². The Kier molecular flexibility index (Phi) is 4.52. The molecule has 0 bridgehead atoms. The quantitative estimate of drug-likeness (QED) is 0.722. The molecule has 0 saturated heterocycles. The van der Waals surface area contributed by atoms with Crippen LogP contribution in [0, 0.1) is 24.2 Å². The third-order valence-electron chi connectivity index (χ3n) is 5.29. The first-order chi connectivity index (χ1) is 13.4. The Morgan fingerprint density at radius 2 is 2.11 bits per heavy atom. The van der Waals surface area contributed by atoms with Crippen LogP contribution >= 0.6 is 11.3 Å². The van der Waals surface area contributed by atoms with Crippen LogP contribution in [-0.2, 0) is 11.3 Å². The fourth-order valence-electron chi connectivity index (χ4n) is 3.50. The number of carbonyl (C=O) groups is 1. The Bertz CT molecular complexity index is 1150. The van der Waals surface area contributed by atoms with Gasteiger partial charge in [0.05, 0.1) is 17.8 Å². The molecule has 1 aliphatic rings. The highest BCUT2D eigenvalue weighted by molar-refractivity contribution is 7.22. The third-order valence-corrected chi connectivity index (χ3v) is 6.54. The van der Waals surface area contributed by atoms with Crippen LogP contribution < -0.4 is 10.9 Å². The van der Waals surface area contributed by atoms with E-state index < -0.39 is 5.54 Å². The molecular weight excluding hydrogens is 372 g/mol.